The third-order valence-corrected chi connectivity index (χ3v) is 8.41. The molecule has 6 aromatic rings. The summed E-state index contributed by atoms with van der Waals surface area (Å²) in [6.07, 6.45) is 3.50. The number of benzene rings is 4. The molecule has 1 aliphatic heterocycles. The summed E-state index contributed by atoms with van der Waals surface area (Å²) in [5.74, 6) is 1.75. The van der Waals surface area contributed by atoms with Gasteiger partial charge in [-0.1, -0.05) is 60.7 Å². The Bertz CT molecular complexity index is 2060. The van der Waals surface area contributed by atoms with E-state index in [1.54, 1.807) is 12.3 Å². The van der Waals surface area contributed by atoms with E-state index < -0.39 is 0 Å². The number of pyridine rings is 1. The van der Waals surface area contributed by atoms with Crippen LogP contribution in [0.1, 0.15) is 27.0 Å². The van der Waals surface area contributed by atoms with Crippen LogP contribution in [0.25, 0.3) is 22.0 Å². The van der Waals surface area contributed by atoms with Crippen LogP contribution in [0, 0.1) is 13.8 Å². The minimum Gasteiger partial charge on any atom is -0.488 e. The maximum atomic E-state index is 13.4. The number of aryl methyl sites for hydroxylation is 2. The Balaban J connectivity index is 1.19. The molecule has 2 aromatic heterocycles. The molecule has 0 unspecified atom stereocenters. The van der Waals surface area contributed by atoms with E-state index in [-0.39, 0.29) is 5.91 Å². The molecule has 240 valence electrons. The Morgan fingerprint density at radius 2 is 1.67 bits per heavy atom. The van der Waals surface area contributed by atoms with Crippen LogP contribution < -0.4 is 20.3 Å². The van der Waals surface area contributed by atoms with Crippen LogP contribution in [0.2, 0.25) is 0 Å². The topological polar surface area (TPSA) is 102 Å². The molecule has 4 aromatic carbocycles. The smallest absolute Gasteiger partial charge is 0.255 e. The van der Waals surface area contributed by atoms with Crippen LogP contribution in [-0.2, 0) is 11.3 Å². The van der Waals surface area contributed by atoms with Crippen LogP contribution in [0.15, 0.2) is 109 Å². The average Bonchev–Trinajstić information content (AvgIpc) is 3.13. The molecule has 0 bridgehead atoms. The Hall–Kier alpha value is -5.80. The molecule has 0 saturated carbocycles. The third-order valence-electron chi connectivity index (χ3n) is 8.41. The fourth-order valence-corrected chi connectivity index (χ4v) is 5.82. The highest BCUT2D eigenvalue weighted by atomic mass is 16.5. The van der Waals surface area contributed by atoms with Crippen molar-refractivity contribution in [2.24, 2.45) is 0 Å². The first-order valence-corrected chi connectivity index (χ1v) is 16.0. The second kappa shape index (κ2) is 13.9. The summed E-state index contributed by atoms with van der Waals surface area (Å²) in [5.41, 5.74) is 8.01. The molecular formula is C39H36N6O3. The van der Waals surface area contributed by atoms with Crippen molar-refractivity contribution >= 4 is 40.0 Å². The van der Waals surface area contributed by atoms with E-state index in [4.69, 9.17) is 14.5 Å². The second-order valence-corrected chi connectivity index (χ2v) is 11.8. The van der Waals surface area contributed by atoms with Gasteiger partial charge in [-0.2, -0.15) is 0 Å². The number of para-hydroxylation sites is 1. The lowest BCUT2D eigenvalue weighted by molar-refractivity contribution is 0.102. The number of aromatic nitrogens is 3. The lowest BCUT2D eigenvalue weighted by Crippen LogP contribution is -2.36. The molecule has 1 aliphatic rings. The molecule has 7 rings (SSSR count). The lowest BCUT2D eigenvalue weighted by atomic mass is 10.0. The van der Waals surface area contributed by atoms with Gasteiger partial charge < -0.3 is 25.0 Å². The molecule has 48 heavy (non-hydrogen) atoms. The SMILES string of the molecule is Cc1cccc(C)c1Nc1ncc2cc(-c3cccc(NC(=O)c4ccnc(N5CCOCC5)c4)c3)c(OCc3ccccc3)cc2n1. The molecule has 9 nitrogen and oxygen atoms in total. The molecule has 1 amide bonds. The molecule has 1 fully saturated rings. The third kappa shape index (κ3) is 6.96. The van der Waals surface area contributed by atoms with Gasteiger partial charge in [-0.05, 0) is 66.4 Å². The van der Waals surface area contributed by atoms with E-state index in [0.29, 0.717) is 42.8 Å². The molecule has 3 heterocycles. The predicted molar refractivity (Wildman–Crippen MR) is 190 cm³/mol. The van der Waals surface area contributed by atoms with Gasteiger partial charge in [0.25, 0.3) is 5.91 Å². The number of rotatable bonds is 9. The van der Waals surface area contributed by atoms with Gasteiger partial charge >= 0.3 is 0 Å². The number of amides is 1. The molecule has 2 N–H and O–H groups in total. The van der Waals surface area contributed by atoms with E-state index in [1.807, 2.05) is 85.1 Å². The number of ether oxygens (including phenoxy) is 2. The Kier molecular flexibility index (Phi) is 8.93. The number of carbonyl (C=O) groups is 1. The second-order valence-electron chi connectivity index (χ2n) is 11.8. The van der Waals surface area contributed by atoms with Crippen molar-refractivity contribution in [2.75, 3.05) is 41.8 Å². The number of carbonyl (C=O) groups excluding carboxylic acids is 1. The molecule has 0 atom stereocenters. The molecule has 1 saturated heterocycles. The van der Waals surface area contributed by atoms with Crippen molar-refractivity contribution in [3.05, 3.63) is 132 Å². The van der Waals surface area contributed by atoms with Crippen molar-refractivity contribution in [1.29, 1.82) is 0 Å². The minimum atomic E-state index is -0.208. The number of nitrogens with zero attached hydrogens (tertiary/aromatic N) is 4. The molecule has 0 spiro atoms. The molecule has 0 aliphatic carbocycles. The zero-order valence-corrected chi connectivity index (χ0v) is 26.9. The van der Waals surface area contributed by atoms with Gasteiger partial charge in [-0.15, -0.1) is 0 Å². The zero-order valence-electron chi connectivity index (χ0n) is 26.9. The standard InChI is InChI=1S/C39H36N6O3/c1-26-8-6-9-27(2)37(26)44-39-41-24-31-21-33(35(23-34(31)43-39)48-25-28-10-4-3-5-11-28)29-12-7-13-32(20-29)42-38(46)30-14-15-40-36(22-30)45-16-18-47-19-17-45/h3-15,20-24H,16-19,25H2,1-2H3,(H,42,46)(H,41,43,44). The van der Waals surface area contributed by atoms with E-state index in [9.17, 15) is 4.79 Å². The minimum absolute atomic E-state index is 0.208. The van der Waals surface area contributed by atoms with Crippen molar-refractivity contribution in [2.45, 2.75) is 20.5 Å². The summed E-state index contributed by atoms with van der Waals surface area (Å²) in [4.78, 5) is 29.5. The Morgan fingerprint density at radius 3 is 2.48 bits per heavy atom. The first-order valence-electron chi connectivity index (χ1n) is 16.0. The number of morpholine rings is 1. The van der Waals surface area contributed by atoms with Crippen molar-refractivity contribution in [3.63, 3.8) is 0 Å². The monoisotopic (exact) mass is 636 g/mol. The van der Waals surface area contributed by atoms with E-state index in [2.05, 4.69) is 51.5 Å². The first-order chi connectivity index (χ1) is 23.5. The van der Waals surface area contributed by atoms with Gasteiger partial charge in [0.05, 0.1) is 18.7 Å². The van der Waals surface area contributed by atoms with Crippen LogP contribution >= 0.6 is 0 Å². The van der Waals surface area contributed by atoms with Gasteiger partial charge in [0.1, 0.15) is 18.2 Å². The first kappa shape index (κ1) is 30.8. The zero-order chi connectivity index (χ0) is 32.9. The molecular weight excluding hydrogens is 600 g/mol. The summed E-state index contributed by atoms with van der Waals surface area (Å²) in [5, 5.41) is 7.34. The van der Waals surface area contributed by atoms with Crippen LogP contribution in [-0.4, -0.2) is 47.2 Å². The molecule has 9 heteroatoms. The normalized spacial score (nSPS) is 12.9. The summed E-state index contributed by atoms with van der Waals surface area (Å²) in [6, 6.07) is 31.5. The number of nitrogens with one attached hydrogen (secondary N) is 2. The lowest BCUT2D eigenvalue weighted by Gasteiger charge is -2.27. The number of anilines is 4. The maximum absolute atomic E-state index is 13.4. The van der Waals surface area contributed by atoms with Gasteiger partial charge in [-0.3, -0.25) is 4.79 Å². The van der Waals surface area contributed by atoms with Crippen LogP contribution in [0.3, 0.4) is 0 Å². The maximum Gasteiger partial charge on any atom is 0.255 e. The quantitative estimate of drug-likeness (QED) is 0.166. The van der Waals surface area contributed by atoms with E-state index in [0.717, 1.165) is 63.3 Å². The fourth-order valence-electron chi connectivity index (χ4n) is 5.82. The van der Waals surface area contributed by atoms with Gasteiger partial charge in [-0.25, -0.2) is 15.0 Å². The fraction of sp³-hybridized carbons (Fsp3) is 0.179. The van der Waals surface area contributed by atoms with Gasteiger partial charge in [0.2, 0.25) is 5.95 Å². The highest BCUT2D eigenvalue weighted by molar-refractivity contribution is 6.05. The van der Waals surface area contributed by atoms with Gasteiger partial charge in [0.15, 0.2) is 0 Å². The Labute approximate surface area is 279 Å². The average molecular weight is 637 g/mol. The Morgan fingerprint density at radius 1 is 0.875 bits per heavy atom. The van der Waals surface area contributed by atoms with E-state index >= 15 is 0 Å². The van der Waals surface area contributed by atoms with Crippen LogP contribution in [0.4, 0.5) is 23.1 Å². The summed E-state index contributed by atoms with van der Waals surface area (Å²) < 4.78 is 11.9. The summed E-state index contributed by atoms with van der Waals surface area (Å²) >= 11 is 0. The number of hydrogen-bond acceptors (Lipinski definition) is 8. The van der Waals surface area contributed by atoms with Crippen molar-refractivity contribution < 1.29 is 14.3 Å². The number of fused-ring (bicyclic) bond motifs is 1. The summed E-state index contributed by atoms with van der Waals surface area (Å²) in [6.45, 7) is 7.30. The van der Waals surface area contributed by atoms with E-state index in [1.165, 1.54) is 0 Å². The highest BCUT2D eigenvalue weighted by Crippen LogP contribution is 2.36. The number of hydrogen-bond donors (Lipinski definition) is 2. The van der Waals surface area contributed by atoms with Crippen molar-refractivity contribution in [3.8, 4) is 16.9 Å². The summed E-state index contributed by atoms with van der Waals surface area (Å²) in [7, 11) is 0. The van der Waals surface area contributed by atoms with Crippen molar-refractivity contribution in [1.82, 2.24) is 15.0 Å². The highest BCUT2D eigenvalue weighted by Gasteiger charge is 2.17. The largest absolute Gasteiger partial charge is 0.488 e. The van der Waals surface area contributed by atoms with Gasteiger partial charge in [0, 0.05) is 59.4 Å². The van der Waals surface area contributed by atoms with Crippen LogP contribution in [0.5, 0.6) is 5.75 Å². The molecule has 0 radical (unpaired) electrons. The predicted octanol–water partition coefficient (Wildman–Crippen LogP) is 7.72.